The quantitative estimate of drug-likeness (QED) is 0.729. The number of hydrogen-bond acceptors (Lipinski definition) is 3. The Bertz CT molecular complexity index is 792. The zero-order valence-corrected chi connectivity index (χ0v) is 14.8. The number of nitrogens with one attached hydrogen (secondary N) is 3. The van der Waals surface area contributed by atoms with E-state index in [1.165, 1.54) is 18.2 Å². The second-order valence-corrected chi connectivity index (χ2v) is 6.38. The molecule has 1 unspecified atom stereocenters. The van der Waals surface area contributed by atoms with Gasteiger partial charge in [0.2, 0.25) is 5.91 Å². The molecule has 0 aliphatic carbocycles. The van der Waals surface area contributed by atoms with Crippen LogP contribution in [0.3, 0.4) is 0 Å². The van der Waals surface area contributed by atoms with Crippen LogP contribution < -0.4 is 16.0 Å². The fourth-order valence-corrected chi connectivity index (χ4v) is 2.86. The number of urea groups is 1. The lowest BCUT2D eigenvalue weighted by Gasteiger charge is -2.13. The third-order valence-corrected chi connectivity index (χ3v) is 4.22. The van der Waals surface area contributed by atoms with Gasteiger partial charge < -0.3 is 20.7 Å². The fraction of sp³-hybridized carbons (Fsp3) is 0.300. The molecule has 142 valence electrons. The SMILES string of the molecule is O=C(Cc1ccccc1)Nc1cc(NC(=O)NCC2CCCO2)ccc1F. The number of ether oxygens (including phenoxy) is 1. The minimum Gasteiger partial charge on any atom is -0.376 e. The molecule has 2 aromatic rings. The van der Waals surface area contributed by atoms with Crippen LogP contribution in [0.5, 0.6) is 0 Å². The van der Waals surface area contributed by atoms with Crippen LogP contribution in [0, 0.1) is 5.82 Å². The number of amides is 3. The average Bonchev–Trinajstić information content (AvgIpc) is 3.17. The van der Waals surface area contributed by atoms with Gasteiger partial charge in [-0.2, -0.15) is 0 Å². The number of anilines is 2. The summed E-state index contributed by atoms with van der Waals surface area (Å²) in [6, 6.07) is 12.8. The Morgan fingerprint density at radius 1 is 1.11 bits per heavy atom. The first-order valence-corrected chi connectivity index (χ1v) is 8.90. The molecule has 0 bridgehead atoms. The maximum atomic E-state index is 14.0. The van der Waals surface area contributed by atoms with Gasteiger partial charge in [-0.15, -0.1) is 0 Å². The molecule has 1 aliphatic rings. The Hall–Kier alpha value is -2.93. The van der Waals surface area contributed by atoms with E-state index in [1.807, 2.05) is 30.3 Å². The van der Waals surface area contributed by atoms with Crippen molar-refractivity contribution < 1.29 is 18.7 Å². The molecule has 0 saturated carbocycles. The van der Waals surface area contributed by atoms with Gasteiger partial charge in [0, 0.05) is 18.8 Å². The van der Waals surface area contributed by atoms with E-state index < -0.39 is 11.8 Å². The Labute approximate surface area is 157 Å². The summed E-state index contributed by atoms with van der Waals surface area (Å²) in [5, 5.41) is 7.90. The highest BCUT2D eigenvalue weighted by Gasteiger charge is 2.16. The predicted molar refractivity (Wildman–Crippen MR) is 101 cm³/mol. The largest absolute Gasteiger partial charge is 0.376 e. The maximum Gasteiger partial charge on any atom is 0.319 e. The molecule has 3 rings (SSSR count). The van der Waals surface area contributed by atoms with Crippen molar-refractivity contribution in [1.82, 2.24) is 5.32 Å². The van der Waals surface area contributed by atoms with Gasteiger partial charge in [-0.05, 0) is 36.6 Å². The van der Waals surface area contributed by atoms with Crippen molar-refractivity contribution in [1.29, 1.82) is 0 Å². The van der Waals surface area contributed by atoms with E-state index >= 15 is 0 Å². The molecular formula is C20H22FN3O3. The Morgan fingerprint density at radius 3 is 2.67 bits per heavy atom. The Balaban J connectivity index is 1.55. The molecule has 0 radical (unpaired) electrons. The molecule has 3 amide bonds. The summed E-state index contributed by atoms with van der Waals surface area (Å²) in [7, 11) is 0. The van der Waals surface area contributed by atoms with Crippen molar-refractivity contribution in [2.75, 3.05) is 23.8 Å². The van der Waals surface area contributed by atoms with E-state index in [2.05, 4.69) is 16.0 Å². The molecule has 27 heavy (non-hydrogen) atoms. The molecular weight excluding hydrogens is 349 g/mol. The lowest BCUT2D eigenvalue weighted by Crippen LogP contribution is -2.35. The first-order chi connectivity index (χ1) is 13.1. The van der Waals surface area contributed by atoms with E-state index in [0.717, 1.165) is 25.0 Å². The van der Waals surface area contributed by atoms with Crippen molar-refractivity contribution in [3.05, 3.63) is 59.9 Å². The maximum absolute atomic E-state index is 14.0. The first-order valence-electron chi connectivity index (χ1n) is 8.90. The predicted octanol–water partition coefficient (Wildman–Crippen LogP) is 3.31. The monoisotopic (exact) mass is 371 g/mol. The van der Waals surface area contributed by atoms with E-state index in [4.69, 9.17) is 4.74 Å². The van der Waals surface area contributed by atoms with Gasteiger partial charge in [-0.1, -0.05) is 30.3 Å². The van der Waals surface area contributed by atoms with E-state index in [0.29, 0.717) is 12.2 Å². The summed E-state index contributed by atoms with van der Waals surface area (Å²) >= 11 is 0. The topological polar surface area (TPSA) is 79.5 Å². The number of rotatable bonds is 6. The van der Waals surface area contributed by atoms with Crippen LogP contribution >= 0.6 is 0 Å². The summed E-state index contributed by atoms with van der Waals surface area (Å²) in [5.74, 6) is -0.901. The van der Waals surface area contributed by atoms with Crippen molar-refractivity contribution in [2.24, 2.45) is 0 Å². The zero-order chi connectivity index (χ0) is 19.1. The van der Waals surface area contributed by atoms with Crippen LogP contribution in [0.1, 0.15) is 18.4 Å². The van der Waals surface area contributed by atoms with Crippen molar-refractivity contribution in [3.63, 3.8) is 0 Å². The molecule has 7 heteroatoms. The summed E-state index contributed by atoms with van der Waals surface area (Å²) in [6.07, 6.45) is 2.10. The van der Waals surface area contributed by atoms with Crippen LogP contribution in [-0.2, 0) is 16.0 Å². The minimum absolute atomic E-state index is 0.0212. The molecule has 0 aromatic heterocycles. The van der Waals surface area contributed by atoms with Gasteiger partial charge in [0.25, 0.3) is 0 Å². The summed E-state index contributed by atoms with van der Waals surface area (Å²) in [5.41, 5.74) is 1.24. The minimum atomic E-state index is -0.568. The van der Waals surface area contributed by atoms with Gasteiger partial charge in [-0.25, -0.2) is 9.18 Å². The van der Waals surface area contributed by atoms with E-state index in [1.54, 1.807) is 0 Å². The van der Waals surface area contributed by atoms with Gasteiger partial charge in [0.1, 0.15) is 5.82 Å². The van der Waals surface area contributed by atoms with E-state index in [-0.39, 0.29) is 24.1 Å². The lowest BCUT2D eigenvalue weighted by atomic mass is 10.1. The Morgan fingerprint density at radius 2 is 1.93 bits per heavy atom. The second kappa shape index (κ2) is 9.14. The van der Waals surface area contributed by atoms with E-state index in [9.17, 15) is 14.0 Å². The van der Waals surface area contributed by atoms with Crippen LogP contribution in [0.4, 0.5) is 20.6 Å². The van der Waals surface area contributed by atoms with Crippen molar-refractivity contribution in [3.8, 4) is 0 Å². The number of benzene rings is 2. The molecule has 1 aliphatic heterocycles. The molecule has 2 aromatic carbocycles. The molecule has 6 nitrogen and oxygen atoms in total. The molecule has 1 fully saturated rings. The smallest absolute Gasteiger partial charge is 0.319 e. The van der Waals surface area contributed by atoms with Crippen LogP contribution in [0.15, 0.2) is 48.5 Å². The molecule has 1 heterocycles. The highest BCUT2D eigenvalue weighted by molar-refractivity contribution is 5.94. The number of halogens is 1. The second-order valence-electron chi connectivity index (χ2n) is 6.38. The standard InChI is InChI=1S/C20H22FN3O3/c21-17-9-8-15(23-20(26)22-13-16-7-4-10-27-16)12-18(17)24-19(25)11-14-5-2-1-3-6-14/h1-3,5-6,8-9,12,16H,4,7,10-11,13H2,(H,24,25)(H2,22,23,26). The summed E-state index contributed by atoms with van der Waals surface area (Å²) < 4.78 is 19.4. The summed E-state index contributed by atoms with van der Waals surface area (Å²) in [6.45, 7) is 1.14. The van der Waals surface area contributed by atoms with Crippen molar-refractivity contribution >= 4 is 23.3 Å². The molecule has 3 N–H and O–H groups in total. The number of carbonyl (C=O) groups excluding carboxylic acids is 2. The van der Waals surface area contributed by atoms with Gasteiger partial charge >= 0.3 is 6.03 Å². The van der Waals surface area contributed by atoms with Crippen molar-refractivity contribution in [2.45, 2.75) is 25.4 Å². The zero-order valence-electron chi connectivity index (χ0n) is 14.8. The number of hydrogen-bond donors (Lipinski definition) is 3. The highest BCUT2D eigenvalue weighted by atomic mass is 19.1. The third kappa shape index (κ3) is 5.79. The summed E-state index contributed by atoms with van der Waals surface area (Å²) in [4.78, 5) is 24.1. The highest BCUT2D eigenvalue weighted by Crippen LogP contribution is 2.20. The normalized spacial score (nSPS) is 16.0. The number of carbonyl (C=O) groups is 2. The molecule has 0 spiro atoms. The van der Waals surface area contributed by atoms with Crippen LogP contribution in [0.25, 0.3) is 0 Å². The van der Waals surface area contributed by atoms with Gasteiger partial charge in [0.15, 0.2) is 0 Å². The van der Waals surface area contributed by atoms with Gasteiger partial charge in [-0.3, -0.25) is 4.79 Å². The Kier molecular flexibility index (Phi) is 6.38. The average molecular weight is 371 g/mol. The molecule has 1 atom stereocenters. The first kappa shape index (κ1) is 18.8. The van der Waals surface area contributed by atoms with Gasteiger partial charge in [0.05, 0.1) is 18.2 Å². The van der Waals surface area contributed by atoms with Crippen LogP contribution in [-0.4, -0.2) is 31.2 Å². The fourth-order valence-electron chi connectivity index (χ4n) is 2.86. The molecule has 1 saturated heterocycles. The third-order valence-electron chi connectivity index (χ3n) is 4.22. The van der Waals surface area contributed by atoms with Crippen LogP contribution in [0.2, 0.25) is 0 Å². The lowest BCUT2D eigenvalue weighted by molar-refractivity contribution is -0.115.